The summed E-state index contributed by atoms with van der Waals surface area (Å²) in [4.78, 5) is 0. The molecule has 0 bridgehead atoms. The van der Waals surface area contributed by atoms with Crippen LogP contribution in [0.15, 0.2) is 55.1 Å². The van der Waals surface area contributed by atoms with Crippen LogP contribution in [-0.4, -0.2) is 7.11 Å². The predicted molar refractivity (Wildman–Crippen MR) is 80.3 cm³/mol. The summed E-state index contributed by atoms with van der Waals surface area (Å²) >= 11 is 2.30. The Hall–Kier alpha value is -1.29. The van der Waals surface area contributed by atoms with E-state index in [0.717, 1.165) is 22.4 Å². The van der Waals surface area contributed by atoms with E-state index in [0.29, 0.717) is 0 Å². The highest BCUT2D eigenvalue weighted by atomic mass is 127. The van der Waals surface area contributed by atoms with E-state index in [1.54, 1.807) is 7.11 Å². The molecule has 0 amide bonds. The molecule has 0 N–H and O–H groups in total. The van der Waals surface area contributed by atoms with Gasteiger partial charge in [0.1, 0.15) is 5.75 Å². The van der Waals surface area contributed by atoms with Gasteiger partial charge in [-0.15, -0.1) is 0 Å². The number of benzene rings is 2. The maximum Gasteiger partial charge on any atom is 0.118 e. The summed E-state index contributed by atoms with van der Waals surface area (Å²) in [7, 11) is 1.67. The summed E-state index contributed by atoms with van der Waals surface area (Å²) in [6.07, 6.45) is 0. The smallest absolute Gasteiger partial charge is 0.118 e. The number of rotatable bonds is 3. The second-order valence-electron chi connectivity index (χ2n) is 3.71. The lowest BCUT2D eigenvalue weighted by molar-refractivity contribution is 0.415. The van der Waals surface area contributed by atoms with E-state index in [4.69, 9.17) is 4.74 Å². The summed E-state index contributed by atoms with van der Waals surface area (Å²) in [6, 6.07) is 16.3. The Balaban J connectivity index is 2.27. The van der Waals surface area contributed by atoms with E-state index < -0.39 is 0 Å². The molecule has 86 valence electrons. The standard InChI is InChI=1S/C15H13IO/c1-11(12-3-7-14(16)8-4-12)13-5-9-15(17-2)10-6-13/h3-10H,1H2,2H3. The fourth-order valence-corrected chi connectivity index (χ4v) is 1.97. The van der Waals surface area contributed by atoms with Crippen molar-refractivity contribution in [3.8, 4) is 5.75 Å². The van der Waals surface area contributed by atoms with Crippen molar-refractivity contribution in [2.24, 2.45) is 0 Å². The lowest BCUT2D eigenvalue weighted by Gasteiger charge is -2.07. The Morgan fingerprint density at radius 2 is 1.41 bits per heavy atom. The highest BCUT2D eigenvalue weighted by Crippen LogP contribution is 2.24. The summed E-state index contributed by atoms with van der Waals surface area (Å²) in [5, 5.41) is 0. The molecule has 0 heterocycles. The van der Waals surface area contributed by atoms with Gasteiger partial charge < -0.3 is 4.74 Å². The van der Waals surface area contributed by atoms with Crippen LogP contribution in [0.3, 0.4) is 0 Å². The summed E-state index contributed by atoms with van der Waals surface area (Å²) in [5.41, 5.74) is 3.30. The van der Waals surface area contributed by atoms with Crippen LogP contribution in [0.4, 0.5) is 0 Å². The molecule has 0 atom stereocenters. The first-order chi connectivity index (χ1) is 8.20. The third-order valence-electron chi connectivity index (χ3n) is 2.63. The fourth-order valence-electron chi connectivity index (χ4n) is 1.61. The molecule has 0 aromatic heterocycles. The number of halogens is 1. The maximum atomic E-state index is 5.14. The zero-order valence-corrected chi connectivity index (χ0v) is 11.8. The molecule has 0 fully saturated rings. The van der Waals surface area contributed by atoms with E-state index in [1.165, 1.54) is 3.57 Å². The second-order valence-corrected chi connectivity index (χ2v) is 4.96. The third kappa shape index (κ3) is 2.88. The molecular weight excluding hydrogens is 323 g/mol. The topological polar surface area (TPSA) is 9.23 Å². The SMILES string of the molecule is C=C(c1ccc(I)cc1)c1ccc(OC)cc1. The van der Waals surface area contributed by atoms with Crippen LogP contribution in [0.1, 0.15) is 11.1 Å². The average Bonchev–Trinajstić information content (AvgIpc) is 2.39. The minimum Gasteiger partial charge on any atom is -0.497 e. The van der Waals surface area contributed by atoms with E-state index >= 15 is 0 Å². The molecule has 17 heavy (non-hydrogen) atoms. The Kier molecular flexibility index (Phi) is 3.84. The van der Waals surface area contributed by atoms with Crippen LogP contribution in [0.25, 0.3) is 5.57 Å². The normalized spacial score (nSPS) is 10.0. The molecule has 2 aromatic rings. The molecule has 2 aromatic carbocycles. The van der Waals surface area contributed by atoms with Crippen LogP contribution in [0.5, 0.6) is 5.75 Å². The molecule has 0 unspecified atom stereocenters. The lowest BCUT2D eigenvalue weighted by Crippen LogP contribution is -1.87. The van der Waals surface area contributed by atoms with Crippen LogP contribution in [0.2, 0.25) is 0 Å². The number of hydrogen-bond donors (Lipinski definition) is 0. The van der Waals surface area contributed by atoms with Crippen molar-refractivity contribution in [2.75, 3.05) is 7.11 Å². The Morgan fingerprint density at radius 1 is 0.941 bits per heavy atom. The van der Waals surface area contributed by atoms with Crippen molar-refractivity contribution in [1.82, 2.24) is 0 Å². The number of ether oxygens (including phenoxy) is 1. The van der Waals surface area contributed by atoms with Crippen LogP contribution in [0, 0.1) is 3.57 Å². The van der Waals surface area contributed by atoms with E-state index in [2.05, 4.69) is 53.4 Å². The van der Waals surface area contributed by atoms with Gasteiger partial charge in [0.05, 0.1) is 7.11 Å². The Bertz CT molecular complexity index is 512. The van der Waals surface area contributed by atoms with Crippen molar-refractivity contribution in [3.63, 3.8) is 0 Å². The Morgan fingerprint density at radius 3 is 1.88 bits per heavy atom. The van der Waals surface area contributed by atoms with Gasteiger partial charge in [0.25, 0.3) is 0 Å². The van der Waals surface area contributed by atoms with Gasteiger partial charge in [0.2, 0.25) is 0 Å². The number of methoxy groups -OCH3 is 1. The zero-order chi connectivity index (χ0) is 12.3. The minimum atomic E-state index is 0.865. The molecule has 2 heteroatoms. The maximum absolute atomic E-state index is 5.14. The van der Waals surface area contributed by atoms with Gasteiger partial charge >= 0.3 is 0 Å². The van der Waals surface area contributed by atoms with Crippen molar-refractivity contribution >= 4 is 28.2 Å². The average molecular weight is 336 g/mol. The molecule has 0 aliphatic carbocycles. The number of hydrogen-bond acceptors (Lipinski definition) is 1. The van der Waals surface area contributed by atoms with Crippen LogP contribution in [-0.2, 0) is 0 Å². The highest BCUT2D eigenvalue weighted by Gasteiger charge is 2.02. The van der Waals surface area contributed by atoms with Crippen molar-refractivity contribution in [1.29, 1.82) is 0 Å². The summed E-state index contributed by atoms with van der Waals surface area (Å²) < 4.78 is 6.37. The van der Waals surface area contributed by atoms with Crippen molar-refractivity contribution < 1.29 is 4.74 Å². The third-order valence-corrected chi connectivity index (χ3v) is 3.35. The quantitative estimate of drug-likeness (QED) is 0.757. The monoisotopic (exact) mass is 336 g/mol. The molecular formula is C15H13IO. The second kappa shape index (κ2) is 5.36. The first kappa shape index (κ1) is 12.2. The van der Waals surface area contributed by atoms with Gasteiger partial charge in [-0.25, -0.2) is 0 Å². The van der Waals surface area contributed by atoms with Crippen molar-refractivity contribution in [2.45, 2.75) is 0 Å². The largest absolute Gasteiger partial charge is 0.497 e. The van der Waals surface area contributed by atoms with Gasteiger partial charge in [-0.1, -0.05) is 30.8 Å². The van der Waals surface area contributed by atoms with Gasteiger partial charge in [-0.2, -0.15) is 0 Å². The van der Waals surface area contributed by atoms with Gasteiger partial charge in [-0.3, -0.25) is 0 Å². The summed E-state index contributed by atoms with van der Waals surface area (Å²) in [5.74, 6) is 0.865. The fraction of sp³-hybridized carbons (Fsp3) is 0.0667. The van der Waals surface area contributed by atoms with Crippen LogP contribution >= 0.6 is 22.6 Å². The predicted octanol–water partition coefficient (Wildman–Crippen LogP) is 4.36. The minimum absolute atomic E-state index is 0.865. The van der Waals surface area contributed by atoms with Gasteiger partial charge in [0, 0.05) is 3.57 Å². The van der Waals surface area contributed by atoms with Crippen LogP contribution < -0.4 is 4.74 Å². The van der Waals surface area contributed by atoms with Gasteiger partial charge in [-0.05, 0) is 63.6 Å². The first-order valence-electron chi connectivity index (χ1n) is 5.30. The molecule has 0 saturated heterocycles. The summed E-state index contributed by atoms with van der Waals surface area (Å²) in [6.45, 7) is 4.14. The molecule has 0 radical (unpaired) electrons. The molecule has 0 aliphatic heterocycles. The van der Waals surface area contributed by atoms with Crippen molar-refractivity contribution in [3.05, 3.63) is 69.8 Å². The molecule has 1 nitrogen and oxygen atoms in total. The first-order valence-corrected chi connectivity index (χ1v) is 6.38. The zero-order valence-electron chi connectivity index (χ0n) is 9.61. The Labute approximate surface area is 115 Å². The van der Waals surface area contributed by atoms with E-state index in [9.17, 15) is 0 Å². The lowest BCUT2D eigenvalue weighted by atomic mass is 10.00. The van der Waals surface area contributed by atoms with E-state index in [-0.39, 0.29) is 0 Å². The molecule has 0 spiro atoms. The molecule has 0 aliphatic rings. The van der Waals surface area contributed by atoms with Gasteiger partial charge in [0.15, 0.2) is 0 Å². The highest BCUT2D eigenvalue weighted by molar-refractivity contribution is 14.1. The molecule has 2 rings (SSSR count). The molecule has 0 saturated carbocycles. The van der Waals surface area contributed by atoms with E-state index in [1.807, 2.05) is 24.3 Å².